The van der Waals surface area contributed by atoms with E-state index < -0.39 is 19.0 Å². The molecule has 7 nitrogen and oxygen atoms in total. The maximum Gasteiger partial charge on any atom is 0.524 e. The maximum atomic E-state index is 13.1. The molecule has 0 radical (unpaired) electrons. The summed E-state index contributed by atoms with van der Waals surface area (Å²) in [5, 5.41) is 3.01. The van der Waals surface area contributed by atoms with Crippen molar-refractivity contribution in [2.75, 3.05) is 13.6 Å². The second-order valence-electron chi connectivity index (χ2n) is 7.06. The lowest BCUT2D eigenvalue weighted by molar-refractivity contribution is 0.0976. The van der Waals surface area contributed by atoms with E-state index in [0.29, 0.717) is 12.1 Å². The van der Waals surface area contributed by atoms with E-state index in [-0.39, 0.29) is 33.8 Å². The van der Waals surface area contributed by atoms with Gasteiger partial charge in [-0.05, 0) is 13.1 Å². The van der Waals surface area contributed by atoms with Crippen molar-refractivity contribution in [1.82, 2.24) is 5.32 Å². The molecule has 8 heteroatoms. The van der Waals surface area contributed by atoms with Crippen LogP contribution in [0.15, 0.2) is 36.4 Å². The summed E-state index contributed by atoms with van der Waals surface area (Å²) in [6, 6.07) is 9.47. The third kappa shape index (κ3) is 3.47. The number of phosphoric ester groups is 1. The first kappa shape index (κ1) is 19.5. The molecule has 3 N–H and O–H groups in total. The third-order valence-electron chi connectivity index (χ3n) is 4.60. The van der Waals surface area contributed by atoms with Crippen molar-refractivity contribution in [3.8, 4) is 5.75 Å². The van der Waals surface area contributed by atoms with Gasteiger partial charge in [-0.15, -0.1) is 0 Å². The van der Waals surface area contributed by atoms with Crippen LogP contribution in [-0.2, 0) is 9.98 Å². The van der Waals surface area contributed by atoms with Gasteiger partial charge < -0.3 is 9.84 Å². The van der Waals surface area contributed by atoms with E-state index in [1.165, 1.54) is 12.1 Å². The van der Waals surface area contributed by atoms with E-state index in [0.717, 1.165) is 0 Å². The summed E-state index contributed by atoms with van der Waals surface area (Å²) in [7, 11) is -3.22. The molecule has 2 aromatic carbocycles. The highest BCUT2D eigenvalue weighted by molar-refractivity contribution is 7.46. The molecule has 3 rings (SSSR count). The van der Waals surface area contributed by atoms with Gasteiger partial charge in [0.25, 0.3) is 0 Å². The van der Waals surface area contributed by atoms with Crippen LogP contribution >= 0.6 is 7.82 Å². The van der Waals surface area contributed by atoms with E-state index in [4.69, 9.17) is 4.52 Å². The number of likely N-dealkylation sites (N-methyl/N-ethyl adjacent to an activating group) is 1. The van der Waals surface area contributed by atoms with Crippen LogP contribution in [0.25, 0.3) is 0 Å². The lowest BCUT2D eigenvalue weighted by Gasteiger charge is -2.30. The van der Waals surface area contributed by atoms with Crippen molar-refractivity contribution in [1.29, 1.82) is 0 Å². The number of hydrogen-bond acceptors (Lipinski definition) is 5. The zero-order valence-corrected chi connectivity index (χ0v) is 16.0. The van der Waals surface area contributed by atoms with Gasteiger partial charge in [0.05, 0.1) is 5.56 Å². The molecule has 1 aliphatic rings. The molecule has 27 heavy (non-hydrogen) atoms. The Bertz CT molecular complexity index is 992. The summed E-state index contributed by atoms with van der Waals surface area (Å²) < 4.78 is 16.6. The molecule has 0 bridgehead atoms. The summed E-state index contributed by atoms with van der Waals surface area (Å²) in [5.41, 5.74) is 0.233. The number of rotatable bonds is 5. The standard InChI is InChI=1S/C19H20NO6P/c1-19(2,10-20-3)14-9-8-13-15(18(14)26-27(23,24)25)17(22)12-7-5-4-6-11(12)16(13)21/h4-9,20H,10H2,1-3H3,(H2,23,24,25). The molecule has 0 unspecified atom stereocenters. The molecule has 0 aliphatic heterocycles. The number of carbonyl (C=O) groups is 2. The van der Waals surface area contributed by atoms with Gasteiger partial charge in [0.2, 0.25) is 0 Å². The highest BCUT2D eigenvalue weighted by Crippen LogP contribution is 2.47. The van der Waals surface area contributed by atoms with Crippen molar-refractivity contribution >= 4 is 19.4 Å². The van der Waals surface area contributed by atoms with Crippen LogP contribution in [0.5, 0.6) is 5.75 Å². The average Bonchev–Trinajstić information content (AvgIpc) is 2.58. The first-order valence-corrected chi connectivity index (χ1v) is 9.85. The number of phosphoric acid groups is 1. The van der Waals surface area contributed by atoms with Crippen LogP contribution in [0.1, 0.15) is 51.3 Å². The Morgan fingerprint density at radius 2 is 1.59 bits per heavy atom. The lowest BCUT2D eigenvalue weighted by atomic mass is 9.77. The van der Waals surface area contributed by atoms with Gasteiger partial charge in [-0.2, -0.15) is 0 Å². The normalized spacial score (nSPS) is 14.0. The van der Waals surface area contributed by atoms with Gasteiger partial charge in [-0.25, -0.2) is 4.57 Å². The fourth-order valence-electron chi connectivity index (χ4n) is 3.44. The van der Waals surface area contributed by atoms with Crippen LogP contribution in [0.2, 0.25) is 0 Å². The molecule has 0 aromatic heterocycles. The zero-order chi connectivity index (χ0) is 20.0. The molecule has 0 spiro atoms. The minimum absolute atomic E-state index is 0.0751. The van der Waals surface area contributed by atoms with E-state index in [9.17, 15) is 23.9 Å². The highest BCUT2D eigenvalue weighted by Gasteiger charge is 2.38. The first-order valence-electron chi connectivity index (χ1n) is 8.32. The van der Waals surface area contributed by atoms with E-state index in [2.05, 4.69) is 5.32 Å². The molecule has 0 saturated carbocycles. The Labute approximate surface area is 156 Å². The first-order chi connectivity index (χ1) is 12.6. The van der Waals surface area contributed by atoms with Crippen molar-refractivity contribution in [2.45, 2.75) is 19.3 Å². The number of ketones is 2. The Balaban J connectivity index is 2.32. The minimum Gasteiger partial charge on any atom is -0.403 e. The molecule has 0 fully saturated rings. The molecular formula is C19H20NO6P. The monoisotopic (exact) mass is 389 g/mol. The minimum atomic E-state index is -4.96. The fraction of sp³-hybridized carbons (Fsp3) is 0.263. The van der Waals surface area contributed by atoms with E-state index >= 15 is 0 Å². The SMILES string of the molecule is CNCC(C)(C)c1ccc2c(c1OP(=O)(O)O)C(=O)c1ccccc1C2=O. The highest BCUT2D eigenvalue weighted by atomic mass is 31.2. The van der Waals surface area contributed by atoms with Gasteiger partial charge in [0.1, 0.15) is 5.75 Å². The van der Waals surface area contributed by atoms with Crippen LogP contribution in [0, 0.1) is 0 Å². The topological polar surface area (TPSA) is 113 Å². The van der Waals surface area contributed by atoms with Gasteiger partial charge in [0.15, 0.2) is 11.6 Å². The smallest absolute Gasteiger partial charge is 0.403 e. The van der Waals surface area contributed by atoms with Crippen LogP contribution in [-0.4, -0.2) is 34.9 Å². The van der Waals surface area contributed by atoms with E-state index in [1.807, 2.05) is 13.8 Å². The van der Waals surface area contributed by atoms with Crippen LogP contribution in [0.4, 0.5) is 0 Å². The van der Waals surface area contributed by atoms with Gasteiger partial charge in [0, 0.05) is 34.2 Å². The second-order valence-corrected chi connectivity index (χ2v) is 8.23. The van der Waals surface area contributed by atoms with E-state index in [1.54, 1.807) is 31.3 Å². The Hall–Kier alpha value is -2.31. The number of hydrogen-bond donors (Lipinski definition) is 3. The predicted molar refractivity (Wildman–Crippen MR) is 99.4 cm³/mol. The average molecular weight is 389 g/mol. The summed E-state index contributed by atoms with van der Waals surface area (Å²) in [6.45, 7) is 4.16. The van der Waals surface area contributed by atoms with Crippen molar-refractivity contribution in [2.24, 2.45) is 0 Å². The Kier molecular flexibility index (Phi) is 4.82. The molecule has 1 aliphatic carbocycles. The largest absolute Gasteiger partial charge is 0.524 e. The Morgan fingerprint density at radius 1 is 1.00 bits per heavy atom. The molecular weight excluding hydrogens is 369 g/mol. The van der Waals surface area contributed by atoms with Gasteiger partial charge in [-0.1, -0.05) is 44.2 Å². The number of carbonyl (C=O) groups excluding carboxylic acids is 2. The fourth-order valence-corrected chi connectivity index (χ4v) is 3.87. The molecule has 0 heterocycles. The zero-order valence-electron chi connectivity index (χ0n) is 15.1. The quantitative estimate of drug-likeness (QED) is 0.575. The van der Waals surface area contributed by atoms with Crippen LogP contribution < -0.4 is 9.84 Å². The lowest BCUT2D eigenvalue weighted by Crippen LogP contribution is -2.32. The summed E-state index contributed by atoms with van der Waals surface area (Å²) >= 11 is 0. The molecule has 142 valence electrons. The Morgan fingerprint density at radius 3 is 2.15 bits per heavy atom. The second kappa shape index (κ2) is 6.69. The molecule has 0 saturated heterocycles. The number of fused-ring (bicyclic) bond motifs is 2. The number of nitrogens with one attached hydrogen (secondary N) is 1. The summed E-state index contributed by atoms with van der Waals surface area (Å²) in [4.78, 5) is 44.8. The molecule has 0 atom stereocenters. The van der Waals surface area contributed by atoms with Gasteiger partial charge in [-0.3, -0.25) is 19.4 Å². The summed E-state index contributed by atoms with van der Waals surface area (Å²) in [5.74, 6) is -1.12. The van der Waals surface area contributed by atoms with Crippen molar-refractivity contribution < 1.29 is 28.5 Å². The third-order valence-corrected chi connectivity index (χ3v) is 5.02. The molecule has 0 amide bonds. The van der Waals surface area contributed by atoms with Crippen molar-refractivity contribution in [3.63, 3.8) is 0 Å². The maximum absolute atomic E-state index is 13.1. The number of benzene rings is 2. The van der Waals surface area contributed by atoms with Crippen molar-refractivity contribution in [3.05, 3.63) is 64.2 Å². The summed E-state index contributed by atoms with van der Waals surface area (Å²) in [6.07, 6.45) is 0. The predicted octanol–water partition coefficient (Wildman–Crippen LogP) is 2.43. The molecule has 2 aromatic rings. The van der Waals surface area contributed by atoms with Crippen LogP contribution in [0.3, 0.4) is 0 Å². The van der Waals surface area contributed by atoms with Gasteiger partial charge >= 0.3 is 7.82 Å².